The normalized spacial score (nSPS) is 11.0. The standard InChI is InChI=1S/C23H18ClNO4/c1-29-20-13-12-17(15-8-4-2-5-9-15)21(24)18(20)14-19(23(27)28)25-22(26)16-10-6-3-7-11-16/h2-14H,1H3,(H,25,26)(H,27,28)/b19-14-. The van der Waals surface area contributed by atoms with E-state index in [1.807, 2.05) is 30.3 Å². The van der Waals surface area contributed by atoms with Crippen LogP contribution < -0.4 is 10.1 Å². The number of ether oxygens (including phenoxy) is 1. The van der Waals surface area contributed by atoms with E-state index in [1.54, 1.807) is 42.5 Å². The molecule has 0 aromatic heterocycles. The van der Waals surface area contributed by atoms with E-state index in [0.717, 1.165) is 11.1 Å². The Labute approximate surface area is 173 Å². The Kier molecular flexibility index (Phi) is 6.32. The van der Waals surface area contributed by atoms with E-state index in [-0.39, 0.29) is 5.70 Å². The molecule has 29 heavy (non-hydrogen) atoms. The molecule has 0 radical (unpaired) electrons. The van der Waals surface area contributed by atoms with Crippen LogP contribution in [0.2, 0.25) is 5.02 Å². The van der Waals surface area contributed by atoms with Crippen LogP contribution in [0.25, 0.3) is 17.2 Å². The fraction of sp³-hybridized carbons (Fsp3) is 0.0435. The quantitative estimate of drug-likeness (QED) is 0.571. The Morgan fingerprint density at radius 2 is 1.59 bits per heavy atom. The molecule has 2 N–H and O–H groups in total. The van der Waals surface area contributed by atoms with E-state index in [9.17, 15) is 14.7 Å². The average molecular weight is 408 g/mol. The summed E-state index contributed by atoms with van der Waals surface area (Å²) in [5.74, 6) is -1.44. The molecule has 1 amide bonds. The topological polar surface area (TPSA) is 75.6 Å². The third kappa shape index (κ3) is 4.65. The van der Waals surface area contributed by atoms with Gasteiger partial charge >= 0.3 is 5.97 Å². The number of amides is 1. The lowest BCUT2D eigenvalue weighted by Crippen LogP contribution is -2.27. The lowest BCUT2D eigenvalue weighted by atomic mass is 10.0. The van der Waals surface area contributed by atoms with Gasteiger partial charge in [-0.2, -0.15) is 0 Å². The summed E-state index contributed by atoms with van der Waals surface area (Å²) in [5.41, 5.74) is 1.99. The van der Waals surface area contributed by atoms with Crippen LogP contribution in [0, 0.1) is 0 Å². The minimum absolute atomic E-state index is 0.315. The predicted octanol–water partition coefficient (Wildman–Crippen LogP) is 4.87. The summed E-state index contributed by atoms with van der Waals surface area (Å²) in [4.78, 5) is 24.2. The van der Waals surface area contributed by atoms with Gasteiger partial charge in [-0.1, -0.05) is 60.1 Å². The predicted molar refractivity (Wildman–Crippen MR) is 113 cm³/mol. The number of carboxylic acids is 1. The number of halogens is 1. The summed E-state index contributed by atoms with van der Waals surface area (Å²) < 4.78 is 5.35. The maximum atomic E-state index is 12.4. The molecule has 0 saturated carbocycles. The van der Waals surface area contributed by atoms with Crippen LogP contribution in [0.3, 0.4) is 0 Å². The van der Waals surface area contributed by atoms with Crippen molar-refractivity contribution in [3.8, 4) is 16.9 Å². The zero-order valence-electron chi connectivity index (χ0n) is 15.6. The van der Waals surface area contributed by atoms with Gasteiger partial charge in [0.2, 0.25) is 0 Å². The number of aliphatic carboxylic acids is 1. The van der Waals surface area contributed by atoms with Crippen LogP contribution in [0.4, 0.5) is 0 Å². The Morgan fingerprint density at radius 3 is 2.17 bits per heavy atom. The number of hydrogen-bond donors (Lipinski definition) is 2. The summed E-state index contributed by atoms with van der Waals surface area (Å²) >= 11 is 6.60. The molecule has 0 saturated heterocycles. The van der Waals surface area contributed by atoms with Gasteiger partial charge in [0.1, 0.15) is 11.4 Å². The SMILES string of the molecule is COc1ccc(-c2ccccc2)c(Cl)c1/C=C(\NC(=O)c1ccccc1)C(=O)O. The van der Waals surface area contributed by atoms with Gasteiger partial charge in [-0.25, -0.2) is 4.79 Å². The van der Waals surface area contributed by atoms with Crippen molar-refractivity contribution >= 4 is 29.6 Å². The first-order valence-electron chi connectivity index (χ1n) is 8.74. The number of hydrogen-bond acceptors (Lipinski definition) is 3. The molecule has 0 unspecified atom stereocenters. The van der Waals surface area contributed by atoms with E-state index in [1.165, 1.54) is 13.2 Å². The van der Waals surface area contributed by atoms with E-state index in [2.05, 4.69) is 5.32 Å². The van der Waals surface area contributed by atoms with Gasteiger partial charge < -0.3 is 15.2 Å². The molecule has 5 nitrogen and oxygen atoms in total. The molecular weight excluding hydrogens is 390 g/mol. The zero-order chi connectivity index (χ0) is 20.8. The molecule has 6 heteroatoms. The minimum atomic E-state index is -1.29. The van der Waals surface area contributed by atoms with Crippen molar-refractivity contribution in [1.29, 1.82) is 0 Å². The van der Waals surface area contributed by atoms with Crippen molar-refractivity contribution in [3.05, 3.63) is 94.6 Å². The molecule has 3 aromatic rings. The Bertz CT molecular complexity index is 1060. The third-order valence-corrected chi connectivity index (χ3v) is 4.65. The van der Waals surface area contributed by atoms with Gasteiger partial charge in [0, 0.05) is 16.7 Å². The van der Waals surface area contributed by atoms with E-state index >= 15 is 0 Å². The fourth-order valence-corrected chi connectivity index (χ4v) is 3.13. The second kappa shape index (κ2) is 9.08. The monoisotopic (exact) mass is 407 g/mol. The van der Waals surface area contributed by atoms with Crippen LogP contribution in [0.15, 0.2) is 78.5 Å². The molecule has 0 bridgehead atoms. The van der Waals surface area contributed by atoms with E-state index in [0.29, 0.717) is 21.9 Å². The van der Waals surface area contributed by atoms with Crippen LogP contribution in [-0.2, 0) is 4.79 Å². The third-order valence-electron chi connectivity index (χ3n) is 4.25. The van der Waals surface area contributed by atoms with Crippen molar-refractivity contribution in [2.75, 3.05) is 7.11 Å². The molecule has 0 fully saturated rings. The summed E-state index contributed by atoms with van der Waals surface area (Å²) in [5, 5.41) is 12.4. The summed E-state index contributed by atoms with van der Waals surface area (Å²) in [7, 11) is 1.47. The van der Waals surface area contributed by atoms with Crippen molar-refractivity contribution in [2.45, 2.75) is 0 Å². The van der Waals surface area contributed by atoms with Gasteiger partial charge in [0.25, 0.3) is 5.91 Å². The van der Waals surface area contributed by atoms with Crippen LogP contribution in [0.1, 0.15) is 15.9 Å². The fourth-order valence-electron chi connectivity index (χ4n) is 2.81. The van der Waals surface area contributed by atoms with E-state index < -0.39 is 11.9 Å². The zero-order valence-corrected chi connectivity index (χ0v) is 16.3. The van der Waals surface area contributed by atoms with Gasteiger partial charge in [0.15, 0.2) is 0 Å². The van der Waals surface area contributed by atoms with Gasteiger partial charge in [-0.05, 0) is 35.9 Å². The first kappa shape index (κ1) is 20.2. The molecule has 0 aliphatic rings. The lowest BCUT2D eigenvalue weighted by molar-refractivity contribution is -0.132. The summed E-state index contributed by atoms with van der Waals surface area (Å²) in [6.07, 6.45) is 1.30. The molecule has 0 heterocycles. The molecule has 0 aliphatic carbocycles. The highest BCUT2D eigenvalue weighted by Gasteiger charge is 2.18. The van der Waals surface area contributed by atoms with Crippen molar-refractivity contribution in [3.63, 3.8) is 0 Å². The Hall–Kier alpha value is -3.57. The lowest BCUT2D eigenvalue weighted by Gasteiger charge is -2.13. The van der Waals surface area contributed by atoms with Gasteiger partial charge in [-0.15, -0.1) is 0 Å². The summed E-state index contributed by atoms with van der Waals surface area (Å²) in [6.45, 7) is 0. The van der Waals surface area contributed by atoms with Crippen molar-refractivity contribution in [1.82, 2.24) is 5.32 Å². The minimum Gasteiger partial charge on any atom is -0.496 e. The molecule has 3 rings (SSSR count). The highest BCUT2D eigenvalue weighted by atomic mass is 35.5. The highest BCUT2D eigenvalue weighted by Crippen LogP contribution is 2.37. The number of methoxy groups -OCH3 is 1. The molecule has 0 aliphatic heterocycles. The largest absolute Gasteiger partial charge is 0.496 e. The number of rotatable bonds is 6. The van der Waals surface area contributed by atoms with Crippen LogP contribution >= 0.6 is 11.6 Å². The molecule has 0 spiro atoms. The number of benzene rings is 3. The second-order valence-electron chi connectivity index (χ2n) is 6.09. The number of carbonyl (C=O) groups excluding carboxylic acids is 1. The van der Waals surface area contributed by atoms with Crippen LogP contribution in [-0.4, -0.2) is 24.1 Å². The van der Waals surface area contributed by atoms with Crippen LogP contribution in [0.5, 0.6) is 5.75 Å². The molecule has 3 aromatic carbocycles. The number of carboxylic acid groups (broad SMARTS) is 1. The first-order chi connectivity index (χ1) is 14.0. The summed E-state index contributed by atoms with van der Waals surface area (Å²) in [6, 6.07) is 21.3. The smallest absolute Gasteiger partial charge is 0.352 e. The number of nitrogens with one attached hydrogen (secondary N) is 1. The molecular formula is C23H18ClNO4. The maximum Gasteiger partial charge on any atom is 0.352 e. The van der Waals surface area contributed by atoms with Crippen molar-refractivity contribution in [2.24, 2.45) is 0 Å². The maximum absolute atomic E-state index is 12.4. The van der Waals surface area contributed by atoms with Crippen molar-refractivity contribution < 1.29 is 19.4 Å². The molecule has 0 atom stereocenters. The second-order valence-corrected chi connectivity index (χ2v) is 6.47. The average Bonchev–Trinajstić information content (AvgIpc) is 2.75. The Balaban J connectivity index is 2.05. The molecule has 146 valence electrons. The van der Waals surface area contributed by atoms with Gasteiger partial charge in [0.05, 0.1) is 12.1 Å². The van der Waals surface area contributed by atoms with Gasteiger partial charge in [-0.3, -0.25) is 4.79 Å². The highest BCUT2D eigenvalue weighted by molar-refractivity contribution is 6.35. The number of carbonyl (C=O) groups is 2. The first-order valence-corrected chi connectivity index (χ1v) is 9.12. The van der Waals surface area contributed by atoms with E-state index in [4.69, 9.17) is 16.3 Å². The Morgan fingerprint density at radius 1 is 0.966 bits per heavy atom.